The smallest absolute Gasteiger partial charge is 0.269 e. The largest absolute Gasteiger partial charge is 0.503 e. The highest BCUT2D eigenvalue weighted by Crippen LogP contribution is 2.34. The Bertz CT molecular complexity index is 983. The van der Waals surface area contributed by atoms with Crippen molar-refractivity contribution in [1.29, 1.82) is 0 Å². The third-order valence-corrected chi connectivity index (χ3v) is 5.33. The summed E-state index contributed by atoms with van der Waals surface area (Å²) in [5.41, 5.74) is 1.28. The Morgan fingerprint density at radius 3 is 2.56 bits per heavy atom. The molecule has 0 aromatic heterocycles. The third-order valence-electron chi connectivity index (χ3n) is 3.75. The highest BCUT2D eigenvalue weighted by molar-refractivity contribution is 9.10. The molecular weight excluding hydrogens is 435 g/mol. The highest BCUT2D eigenvalue weighted by Gasteiger charge is 2.11. The van der Waals surface area contributed by atoms with Crippen LogP contribution in [0.3, 0.4) is 0 Å². The van der Waals surface area contributed by atoms with Gasteiger partial charge in [0.15, 0.2) is 11.6 Å². The van der Waals surface area contributed by atoms with Crippen molar-refractivity contribution in [2.75, 3.05) is 5.32 Å². The number of nitrogens with zero attached hydrogens (tertiary/aromatic N) is 1. The van der Waals surface area contributed by atoms with Gasteiger partial charge in [-0.05, 0) is 35.9 Å². The van der Waals surface area contributed by atoms with E-state index < -0.39 is 16.5 Å². The lowest BCUT2D eigenvalue weighted by molar-refractivity contribution is -0.384. The molecule has 0 atom stereocenters. The Hall–Kier alpha value is -2.58. The normalized spacial score (nSPS) is 10.6. The molecule has 0 unspecified atom stereocenters. The molecule has 3 aromatic rings. The molecular formula is C19H14BrFN2O3S. The van der Waals surface area contributed by atoms with Gasteiger partial charge < -0.3 is 10.4 Å². The number of hydrogen-bond donors (Lipinski definition) is 2. The number of hydrogen-bond acceptors (Lipinski definition) is 5. The molecule has 3 aromatic carbocycles. The van der Waals surface area contributed by atoms with Gasteiger partial charge in [0.05, 0.1) is 10.6 Å². The van der Waals surface area contributed by atoms with Crippen molar-refractivity contribution in [3.63, 3.8) is 0 Å². The molecule has 0 aliphatic carbocycles. The van der Waals surface area contributed by atoms with Crippen molar-refractivity contribution in [2.45, 2.75) is 16.3 Å². The van der Waals surface area contributed by atoms with Crippen LogP contribution in [0.5, 0.6) is 5.75 Å². The van der Waals surface area contributed by atoms with Crippen LogP contribution in [0.15, 0.2) is 74.9 Å². The zero-order chi connectivity index (χ0) is 19.4. The van der Waals surface area contributed by atoms with Gasteiger partial charge in [-0.15, -0.1) is 0 Å². The van der Waals surface area contributed by atoms with Crippen LogP contribution in [0.4, 0.5) is 15.8 Å². The number of phenolic OH excluding ortho intramolecular Hbond substituents is 1. The first-order valence-electron chi connectivity index (χ1n) is 7.86. The summed E-state index contributed by atoms with van der Waals surface area (Å²) in [6.45, 7) is 0.375. The molecule has 0 heterocycles. The van der Waals surface area contributed by atoms with E-state index in [2.05, 4.69) is 21.2 Å². The molecule has 3 rings (SSSR count). The van der Waals surface area contributed by atoms with Gasteiger partial charge in [0, 0.05) is 32.9 Å². The van der Waals surface area contributed by atoms with E-state index in [0.29, 0.717) is 11.0 Å². The zero-order valence-corrected chi connectivity index (χ0v) is 16.3. The Morgan fingerprint density at radius 2 is 1.85 bits per heavy atom. The number of nitro groups is 1. The van der Waals surface area contributed by atoms with Crippen LogP contribution in [-0.4, -0.2) is 10.0 Å². The van der Waals surface area contributed by atoms with Gasteiger partial charge in [-0.3, -0.25) is 10.1 Å². The van der Waals surface area contributed by atoms with Crippen molar-refractivity contribution >= 4 is 39.1 Å². The first-order chi connectivity index (χ1) is 12.9. The summed E-state index contributed by atoms with van der Waals surface area (Å²) in [5.74, 6) is -1.14. The van der Waals surface area contributed by atoms with E-state index in [1.165, 1.54) is 30.0 Å². The zero-order valence-electron chi connectivity index (χ0n) is 13.9. The lowest BCUT2D eigenvalue weighted by atomic mass is 10.2. The molecule has 0 saturated carbocycles. The fraction of sp³-hybridized carbons (Fsp3) is 0.0526. The van der Waals surface area contributed by atoms with Crippen molar-refractivity contribution in [3.8, 4) is 5.75 Å². The number of phenols is 1. The minimum absolute atomic E-state index is 0.0430. The van der Waals surface area contributed by atoms with E-state index in [4.69, 9.17) is 0 Å². The third kappa shape index (κ3) is 4.78. The molecule has 0 bridgehead atoms. The number of anilines is 1. The molecule has 138 valence electrons. The van der Waals surface area contributed by atoms with Gasteiger partial charge in [-0.25, -0.2) is 4.39 Å². The Kier molecular flexibility index (Phi) is 5.98. The van der Waals surface area contributed by atoms with Crippen molar-refractivity contribution in [3.05, 3.63) is 86.6 Å². The topological polar surface area (TPSA) is 75.4 Å². The number of rotatable bonds is 6. The van der Waals surface area contributed by atoms with Gasteiger partial charge in [0.1, 0.15) is 0 Å². The minimum Gasteiger partial charge on any atom is -0.503 e. The first-order valence-corrected chi connectivity index (χ1v) is 9.47. The van der Waals surface area contributed by atoms with Crippen LogP contribution in [0.2, 0.25) is 0 Å². The van der Waals surface area contributed by atoms with Crippen molar-refractivity contribution < 1.29 is 14.4 Å². The highest BCUT2D eigenvalue weighted by atomic mass is 79.9. The predicted molar refractivity (Wildman–Crippen MR) is 107 cm³/mol. The standard InChI is InChI=1S/C19H14BrFN2O3S/c20-13-9-16(21)19(24)17(10-13)22-11-12-3-1-2-4-18(12)27-15-7-5-14(6-8-15)23(25)26/h1-10,22,24H,11H2. The summed E-state index contributed by atoms with van der Waals surface area (Å²) in [7, 11) is 0. The molecule has 27 heavy (non-hydrogen) atoms. The average molecular weight is 449 g/mol. The quantitative estimate of drug-likeness (QED) is 0.276. The molecule has 0 spiro atoms. The molecule has 0 radical (unpaired) electrons. The molecule has 0 aliphatic heterocycles. The summed E-state index contributed by atoms with van der Waals surface area (Å²) < 4.78 is 14.2. The second kappa shape index (κ2) is 8.41. The maximum absolute atomic E-state index is 13.6. The SMILES string of the molecule is O=[N+]([O-])c1ccc(Sc2ccccc2CNc2cc(Br)cc(F)c2O)cc1. The monoisotopic (exact) mass is 448 g/mol. The van der Waals surface area contributed by atoms with Crippen LogP contribution < -0.4 is 5.32 Å². The maximum atomic E-state index is 13.6. The Labute approximate surface area is 167 Å². The average Bonchev–Trinajstić information content (AvgIpc) is 2.65. The first kappa shape index (κ1) is 19.2. The van der Waals surface area contributed by atoms with Gasteiger partial charge in [0.25, 0.3) is 5.69 Å². The fourth-order valence-corrected chi connectivity index (χ4v) is 3.78. The fourth-order valence-electron chi connectivity index (χ4n) is 2.40. The van der Waals surface area contributed by atoms with Gasteiger partial charge in [-0.2, -0.15) is 0 Å². The van der Waals surface area contributed by atoms with Crippen LogP contribution in [0, 0.1) is 15.9 Å². The van der Waals surface area contributed by atoms with Gasteiger partial charge >= 0.3 is 0 Å². The van der Waals surface area contributed by atoms with Gasteiger partial charge in [0.2, 0.25) is 0 Å². The maximum Gasteiger partial charge on any atom is 0.269 e. The number of non-ortho nitro benzene ring substituents is 1. The van der Waals surface area contributed by atoms with E-state index >= 15 is 0 Å². The summed E-state index contributed by atoms with van der Waals surface area (Å²) in [6, 6.07) is 16.8. The Balaban J connectivity index is 1.77. The predicted octanol–water partition coefficient (Wildman–Crippen LogP) is 5.97. The second-order valence-electron chi connectivity index (χ2n) is 5.60. The molecule has 0 amide bonds. The lowest BCUT2D eigenvalue weighted by Gasteiger charge is -2.13. The van der Waals surface area contributed by atoms with Crippen molar-refractivity contribution in [2.24, 2.45) is 0 Å². The number of nitrogens with one attached hydrogen (secondary N) is 1. The van der Waals surface area contributed by atoms with E-state index in [0.717, 1.165) is 15.4 Å². The molecule has 5 nitrogen and oxygen atoms in total. The molecule has 8 heteroatoms. The summed E-state index contributed by atoms with van der Waals surface area (Å²) >= 11 is 4.68. The number of aromatic hydroxyl groups is 1. The number of halogens is 2. The van der Waals surface area contributed by atoms with Gasteiger partial charge in [-0.1, -0.05) is 45.9 Å². The molecule has 0 aliphatic rings. The van der Waals surface area contributed by atoms with E-state index in [9.17, 15) is 19.6 Å². The summed E-state index contributed by atoms with van der Waals surface area (Å²) in [6.07, 6.45) is 0. The van der Waals surface area contributed by atoms with E-state index in [-0.39, 0.29) is 11.4 Å². The Morgan fingerprint density at radius 1 is 1.15 bits per heavy atom. The summed E-state index contributed by atoms with van der Waals surface area (Å²) in [4.78, 5) is 12.1. The number of nitro benzene ring substituents is 1. The molecule has 2 N–H and O–H groups in total. The molecule has 0 fully saturated rings. The van der Waals surface area contributed by atoms with Crippen LogP contribution in [0.1, 0.15) is 5.56 Å². The lowest BCUT2D eigenvalue weighted by Crippen LogP contribution is -2.02. The summed E-state index contributed by atoms with van der Waals surface area (Å²) in [5, 5.41) is 23.7. The van der Waals surface area contributed by atoms with Crippen LogP contribution in [0.25, 0.3) is 0 Å². The molecule has 0 saturated heterocycles. The second-order valence-corrected chi connectivity index (χ2v) is 7.63. The van der Waals surface area contributed by atoms with Crippen LogP contribution in [-0.2, 0) is 6.54 Å². The van der Waals surface area contributed by atoms with Crippen molar-refractivity contribution in [1.82, 2.24) is 0 Å². The van der Waals surface area contributed by atoms with Crippen LogP contribution >= 0.6 is 27.7 Å². The van der Waals surface area contributed by atoms with E-state index in [1.807, 2.05) is 24.3 Å². The van der Waals surface area contributed by atoms with E-state index in [1.54, 1.807) is 18.2 Å². The number of benzene rings is 3. The minimum atomic E-state index is -0.708.